The number of para-hydroxylation sites is 1. The van der Waals surface area contributed by atoms with Gasteiger partial charge in [-0.15, -0.1) is 0 Å². The van der Waals surface area contributed by atoms with Crippen LogP contribution in [-0.2, 0) is 6.54 Å². The first-order chi connectivity index (χ1) is 18.7. The van der Waals surface area contributed by atoms with Gasteiger partial charge in [0, 0.05) is 36.1 Å². The van der Waals surface area contributed by atoms with E-state index >= 15 is 0 Å². The van der Waals surface area contributed by atoms with Crippen molar-refractivity contribution < 1.29 is 14.6 Å². The summed E-state index contributed by atoms with van der Waals surface area (Å²) in [5.41, 5.74) is 6.36. The Labute approximate surface area is 226 Å². The molecule has 2 fully saturated rings. The van der Waals surface area contributed by atoms with Crippen LogP contribution in [0.3, 0.4) is 0 Å². The van der Waals surface area contributed by atoms with Crippen molar-refractivity contribution in [3.63, 3.8) is 0 Å². The average molecular weight is 516 g/mol. The van der Waals surface area contributed by atoms with E-state index in [1.807, 2.05) is 6.07 Å². The summed E-state index contributed by atoms with van der Waals surface area (Å²) >= 11 is 0. The van der Waals surface area contributed by atoms with Crippen LogP contribution in [0, 0.1) is 0 Å². The molecule has 6 rings (SSSR count). The molecule has 3 aliphatic rings. The number of hydrogen-bond donors (Lipinski definition) is 1. The van der Waals surface area contributed by atoms with Crippen molar-refractivity contribution in [2.75, 3.05) is 44.2 Å². The van der Waals surface area contributed by atoms with Crippen LogP contribution >= 0.6 is 0 Å². The van der Waals surface area contributed by atoms with Crippen molar-refractivity contribution >= 4 is 22.6 Å². The molecule has 6 nitrogen and oxygen atoms in total. The number of likely N-dealkylation sites (tertiary alicyclic amines) is 1. The number of aromatic nitrogens is 1. The number of fused-ring (bicyclic) bond motifs is 5. The van der Waals surface area contributed by atoms with Gasteiger partial charge >= 0.3 is 5.97 Å². The fraction of sp³-hybridized carbons (Fsp3) is 0.531. The molecular weight excluding hydrogens is 474 g/mol. The Morgan fingerprint density at radius 1 is 1.03 bits per heavy atom. The van der Waals surface area contributed by atoms with Gasteiger partial charge in [-0.05, 0) is 81.4 Å². The third-order valence-electron chi connectivity index (χ3n) is 9.03. The second kappa shape index (κ2) is 11.0. The molecule has 2 aliphatic heterocycles. The molecular formula is C32H41N3O3. The Hall–Kier alpha value is -2.99. The quantitative estimate of drug-likeness (QED) is 0.377. The van der Waals surface area contributed by atoms with Gasteiger partial charge in [0.05, 0.1) is 23.5 Å². The van der Waals surface area contributed by atoms with Gasteiger partial charge in [0.15, 0.2) is 5.75 Å². The second-order valence-corrected chi connectivity index (χ2v) is 11.3. The van der Waals surface area contributed by atoms with E-state index in [0.29, 0.717) is 18.1 Å². The largest absolute Gasteiger partial charge is 0.489 e. The highest BCUT2D eigenvalue weighted by Gasteiger charge is 2.31. The van der Waals surface area contributed by atoms with Crippen LogP contribution < -0.4 is 9.64 Å². The molecule has 6 heteroatoms. The molecule has 202 valence electrons. The van der Waals surface area contributed by atoms with E-state index in [9.17, 15) is 9.90 Å². The zero-order chi connectivity index (χ0) is 26.1. The number of carbonyl (C=O) groups is 1. The number of anilines is 1. The zero-order valence-electron chi connectivity index (χ0n) is 22.8. The maximum atomic E-state index is 11.9. The Kier molecular flexibility index (Phi) is 7.33. The van der Waals surface area contributed by atoms with Crippen molar-refractivity contribution in [2.45, 2.75) is 70.8 Å². The number of rotatable bonds is 7. The number of benzene rings is 2. The number of piperidine rings is 1. The SMILES string of the molecule is CCN(CCN1CCCCC1)c1cccc2c1OCCn1c-2c(C2CCCCC2)c2ccc(C(=O)O)cc21. The Morgan fingerprint density at radius 2 is 1.82 bits per heavy atom. The summed E-state index contributed by atoms with van der Waals surface area (Å²) in [4.78, 5) is 17.0. The number of hydrogen-bond acceptors (Lipinski definition) is 4. The lowest BCUT2D eigenvalue weighted by Crippen LogP contribution is -2.38. The number of ether oxygens (including phenoxy) is 1. The molecule has 1 N–H and O–H groups in total. The van der Waals surface area contributed by atoms with E-state index in [4.69, 9.17) is 4.74 Å². The highest BCUT2D eigenvalue weighted by molar-refractivity contribution is 5.99. The number of carboxylic acids is 1. The molecule has 1 saturated heterocycles. The van der Waals surface area contributed by atoms with Gasteiger partial charge in [-0.3, -0.25) is 0 Å². The van der Waals surface area contributed by atoms with Gasteiger partial charge < -0.3 is 24.2 Å². The van der Waals surface area contributed by atoms with E-state index in [1.165, 1.54) is 86.8 Å². The maximum absolute atomic E-state index is 11.9. The summed E-state index contributed by atoms with van der Waals surface area (Å²) in [5.74, 6) is 0.612. The maximum Gasteiger partial charge on any atom is 0.335 e. The first-order valence-electron chi connectivity index (χ1n) is 14.8. The molecule has 0 atom stereocenters. The minimum Gasteiger partial charge on any atom is -0.489 e. The smallest absolute Gasteiger partial charge is 0.335 e. The Balaban J connectivity index is 1.46. The van der Waals surface area contributed by atoms with Gasteiger partial charge in [-0.2, -0.15) is 0 Å². The molecule has 0 radical (unpaired) electrons. The summed E-state index contributed by atoms with van der Waals surface area (Å²) in [7, 11) is 0. The van der Waals surface area contributed by atoms with E-state index < -0.39 is 5.97 Å². The minimum absolute atomic E-state index is 0.349. The third-order valence-corrected chi connectivity index (χ3v) is 9.03. The summed E-state index contributed by atoms with van der Waals surface area (Å²) in [6.07, 6.45) is 10.2. The molecule has 38 heavy (non-hydrogen) atoms. The summed E-state index contributed by atoms with van der Waals surface area (Å²) in [6.45, 7) is 8.98. The van der Waals surface area contributed by atoms with Crippen LogP contribution in [-0.4, -0.2) is 59.9 Å². The van der Waals surface area contributed by atoms with Gasteiger partial charge in [-0.25, -0.2) is 4.79 Å². The number of carboxylic acid groups (broad SMARTS) is 1. The van der Waals surface area contributed by atoms with Gasteiger partial charge in [-0.1, -0.05) is 37.8 Å². The molecule has 0 bridgehead atoms. The molecule has 0 spiro atoms. The predicted molar refractivity (Wildman–Crippen MR) is 154 cm³/mol. The summed E-state index contributed by atoms with van der Waals surface area (Å²) < 4.78 is 8.92. The third kappa shape index (κ3) is 4.68. The lowest BCUT2D eigenvalue weighted by Gasteiger charge is -2.31. The van der Waals surface area contributed by atoms with E-state index in [-0.39, 0.29) is 0 Å². The number of likely N-dealkylation sites (N-methyl/N-ethyl adjacent to an activating group) is 1. The minimum atomic E-state index is -0.874. The standard InChI is InChI=1S/C32H41N3O3/c1-2-34(19-18-33-16-7-4-8-17-33)27-13-9-12-26-30-29(23-10-5-3-6-11-23)25-15-14-24(32(36)37)22-28(25)35(30)20-21-38-31(26)27/h9,12-15,22-23H,2-8,10-11,16-21H2,1H3,(H,36,37). The normalized spacial score (nSPS) is 18.4. The average Bonchev–Trinajstić information content (AvgIpc) is 3.15. The highest BCUT2D eigenvalue weighted by atomic mass is 16.5. The van der Waals surface area contributed by atoms with Gasteiger partial charge in [0.2, 0.25) is 0 Å². The van der Waals surface area contributed by atoms with Crippen molar-refractivity contribution in [1.29, 1.82) is 0 Å². The van der Waals surface area contributed by atoms with Crippen molar-refractivity contribution in [1.82, 2.24) is 9.47 Å². The zero-order valence-corrected chi connectivity index (χ0v) is 22.8. The summed E-state index contributed by atoms with van der Waals surface area (Å²) in [6, 6.07) is 12.3. The van der Waals surface area contributed by atoms with Crippen LogP contribution in [0.4, 0.5) is 5.69 Å². The predicted octanol–water partition coefficient (Wildman–Crippen LogP) is 6.76. The van der Waals surface area contributed by atoms with Crippen LogP contribution in [0.1, 0.15) is 80.1 Å². The first-order valence-corrected chi connectivity index (χ1v) is 14.8. The lowest BCUT2D eigenvalue weighted by molar-refractivity contribution is 0.0697. The molecule has 2 aromatic carbocycles. The molecule has 1 aromatic heterocycles. The molecule has 1 aliphatic carbocycles. The lowest BCUT2D eigenvalue weighted by atomic mass is 9.81. The highest BCUT2D eigenvalue weighted by Crippen LogP contribution is 2.49. The molecule has 3 aromatic rings. The Morgan fingerprint density at radius 3 is 2.58 bits per heavy atom. The van der Waals surface area contributed by atoms with Crippen molar-refractivity contribution in [3.05, 3.63) is 47.5 Å². The van der Waals surface area contributed by atoms with Crippen molar-refractivity contribution in [2.24, 2.45) is 0 Å². The monoisotopic (exact) mass is 515 g/mol. The second-order valence-electron chi connectivity index (χ2n) is 11.3. The fourth-order valence-corrected chi connectivity index (χ4v) is 7.08. The van der Waals surface area contributed by atoms with Crippen molar-refractivity contribution in [3.8, 4) is 17.0 Å². The molecule has 3 heterocycles. The molecule has 0 amide bonds. The first kappa shape index (κ1) is 25.3. The van der Waals surface area contributed by atoms with Crippen LogP contribution in [0.2, 0.25) is 0 Å². The summed E-state index contributed by atoms with van der Waals surface area (Å²) in [5, 5.41) is 11.0. The molecule has 1 saturated carbocycles. The topological polar surface area (TPSA) is 57.9 Å². The Bertz CT molecular complexity index is 1300. The van der Waals surface area contributed by atoms with Gasteiger partial charge in [0.1, 0.15) is 6.61 Å². The van der Waals surface area contributed by atoms with Crippen LogP contribution in [0.5, 0.6) is 5.75 Å². The number of nitrogens with zero attached hydrogens (tertiary/aromatic N) is 3. The van der Waals surface area contributed by atoms with E-state index in [0.717, 1.165) is 43.0 Å². The number of aromatic carboxylic acids is 1. The molecule has 0 unspecified atom stereocenters. The van der Waals surface area contributed by atoms with Crippen LogP contribution in [0.25, 0.3) is 22.2 Å². The van der Waals surface area contributed by atoms with E-state index in [2.05, 4.69) is 45.6 Å². The fourth-order valence-electron chi connectivity index (χ4n) is 7.08. The van der Waals surface area contributed by atoms with Gasteiger partial charge in [0.25, 0.3) is 0 Å². The van der Waals surface area contributed by atoms with E-state index in [1.54, 1.807) is 6.07 Å². The van der Waals surface area contributed by atoms with Crippen LogP contribution in [0.15, 0.2) is 36.4 Å².